The van der Waals surface area contributed by atoms with Gasteiger partial charge in [0.1, 0.15) is 16.4 Å². The van der Waals surface area contributed by atoms with Crippen LogP contribution in [-0.4, -0.2) is 32.4 Å². The molecule has 8 heteroatoms. The summed E-state index contributed by atoms with van der Waals surface area (Å²) >= 11 is 0. The van der Waals surface area contributed by atoms with Crippen LogP contribution in [0.1, 0.15) is 11.1 Å². The molecular formula is C19H21N3O4S. The van der Waals surface area contributed by atoms with Crippen LogP contribution in [0.4, 0.5) is 5.82 Å². The number of aromatic nitrogens is 2. The molecule has 27 heavy (non-hydrogen) atoms. The monoisotopic (exact) mass is 387 g/mol. The van der Waals surface area contributed by atoms with Crippen LogP contribution in [0.5, 0.6) is 11.5 Å². The quantitative estimate of drug-likeness (QED) is 0.674. The second kappa shape index (κ2) is 7.71. The summed E-state index contributed by atoms with van der Waals surface area (Å²) in [6.07, 6.45) is 1.73. The van der Waals surface area contributed by atoms with E-state index in [1.165, 1.54) is 20.3 Å². The van der Waals surface area contributed by atoms with Crippen molar-refractivity contribution in [1.82, 2.24) is 9.78 Å². The van der Waals surface area contributed by atoms with Gasteiger partial charge in [-0.15, -0.1) is 0 Å². The average molecular weight is 387 g/mol. The fraction of sp³-hybridized carbons (Fsp3) is 0.211. The third-order valence-electron chi connectivity index (χ3n) is 4.13. The molecule has 1 heterocycles. The standard InChI is InChI=1S/C19H21N3O4S/c1-14-6-4-5-7-15(14)13-22-11-10-19(20-22)21-27(23,24)18-12-16(25-2)8-9-17(18)26-3/h4-12H,13H2,1-3H3,(H,20,21). The van der Waals surface area contributed by atoms with Gasteiger partial charge in [0.05, 0.1) is 20.8 Å². The number of ether oxygens (including phenoxy) is 2. The molecule has 0 unspecified atom stereocenters. The molecular weight excluding hydrogens is 366 g/mol. The lowest BCUT2D eigenvalue weighted by atomic mass is 10.1. The first-order valence-electron chi connectivity index (χ1n) is 8.26. The van der Waals surface area contributed by atoms with E-state index in [0.717, 1.165) is 11.1 Å². The van der Waals surface area contributed by atoms with E-state index in [0.29, 0.717) is 12.3 Å². The van der Waals surface area contributed by atoms with Gasteiger partial charge in [0.2, 0.25) is 0 Å². The van der Waals surface area contributed by atoms with Crippen molar-refractivity contribution in [2.24, 2.45) is 0 Å². The van der Waals surface area contributed by atoms with Gasteiger partial charge in [0.15, 0.2) is 5.82 Å². The van der Waals surface area contributed by atoms with Crippen molar-refractivity contribution in [2.45, 2.75) is 18.4 Å². The van der Waals surface area contributed by atoms with Crippen molar-refractivity contribution >= 4 is 15.8 Å². The smallest absolute Gasteiger partial charge is 0.266 e. The van der Waals surface area contributed by atoms with Crippen LogP contribution in [-0.2, 0) is 16.6 Å². The number of hydrogen-bond acceptors (Lipinski definition) is 5. The Kier molecular flexibility index (Phi) is 5.36. The summed E-state index contributed by atoms with van der Waals surface area (Å²) in [6, 6.07) is 14.2. The number of rotatable bonds is 7. The van der Waals surface area contributed by atoms with Gasteiger partial charge in [-0.2, -0.15) is 5.10 Å². The summed E-state index contributed by atoms with van der Waals surface area (Å²) in [5, 5.41) is 4.31. The highest BCUT2D eigenvalue weighted by atomic mass is 32.2. The number of methoxy groups -OCH3 is 2. The highest BCUT2D eigenvalue weighted by Gasteiger charge is 2.21. The van der Waals surface area contributed by atoms with Crippen molar-refractivity contribution < 1.29 is 17.9 Å². The summed E-state index contributed by atoms with van der Waals surface area (Å²) in [4.78, 5) is -0.0159. The average Bonchev–Trinajstić information content (AvgIpc) is 3.09. The molecule has 0 bridgehead atoms. The zero-order valence-corrected chi connectivity index (χ0v) is 16.2. The van der Waals surface area contributed by atoms with Crippen molar-refractivity contribution in [3.05, 3.63) is 65.9 Å². The second-order valence-corrected chi connectivity index (χ2v) is 7.60. The minimum absolute atomic E-state index is 0.0159. The van der Waals surface area contributed by atoms with Gasteiger partial charge >= 0.3 is 0 Å². The minimum atomic E-state index is -3.89. The van der Waals surface area contributed by atoms with Crippen molar-refractivity contribution in [3.8, 4) is 11.5 Å². The largest absolute Gasteiger partial charge is 0.497 e. The van der Waals surface area contributed by atoms with E-state index in [9.17, 15) is 8.42 Å². The zero-order valence-electron chi connectivity index (χ0n) is 15.3. The molecule has 0 spiro atoms. The summed E-state index contributed by atoms with van der Waals surface area (Å²) in [7, 11) is -1.00. The van der Waals surface area contributed by atoms with E-state index in [4.69, 9.17) is 9.47 Å². The fourth-order valence-electron chi connectivity index (χ4n) is 2.65. The van der Waals surface area contributed by atoms with Gasteiger partial charge in [-0.3, -0.25) is 9.40 Å². The van der Waals surface area contributed by atoms with Gasteiger partial charge in [-0.25, -0.2) is 8.42 Å². The van der Waals surface area contributed by atoms with E-state index < -0.39 is 10.0 Å². The maximum absolute atomic E-state index is 12.8. The Morgan fingerprint density at radius 3 is 2.56 bits per heavy atom. The summed E-state index contributed by atoms with van der Waals surface area (Å²) in [5.74, 6) is 0.873. The molecule has 0 aliphatic carbocycles. The minimum Gasteiger partial charge on any atom is -0.497 e. The Balaban J connectivity index is 1.83. The number of benzene rings is 2. The summed E-state index contributed by atoms with van der Waals surface area (Å²) in [5.41, 5.74) is 2.26. The van der Waals surface area contributed by atoms with Crippen molar-refractivity contribution in [3.63, 3.8) is 0 Å². The molecule has 0 fully saturated rings. The Morgan fingerprint density at radius 2 is 1.85 bits per heavy atom. The van der Waals surface area contributed by atoms with E-state index in [2.05, 4.69) is 9.82 Å². The van der Waals surface area contributed by atoms with Crippen molar-refractivity contribution in [1.29, 1.82) is 0 Å². The van der Waals surface area contributed by atoms with Gasteiger partial charge in [-0.1, -0.05) is 24.3 Å². The van der Waals surface area contributed by atoms with Crippen LogP contribution in [0.3, 0.4) is 0 Å². The summed E-state index contributed by atoms with van der Waals surface area (Å²) in [6.45, 7) is 2.58. The first kappa shape index (κ1) is 18.8. The van der Waals surface area contributed by atoms with Gasteiger partial charge < -0.3 is 9.47 Å². The van der Waals surface area contributed by atoms with Crippen molar-refractivity contribution in [2.75, 3.05) is 18.9 Å². The third kappa shape index (κ3) is 4.22. The molecule has 1 aromatic heterocycles. The number of nitrogens with zero attached hydrogens (tertiary/aromatic N) is 2. The lowest BCUT2D eigenvalue weighted by molar-refractivity contribution is 0.392. The number of hydrogen-bond donors (Lipinski definition) is 1. The molecule has 3 aromatic rings. The molecule has 0 saturated heterocycles. The number of anilines is 1. The Morgan fingerprint density at radius 1 is 1.07 bits per heavy atom. The number of sulfonamides is 1. The van der Waals surface area contributed by atoms with Gasteiger partial charge in [0, 0.05) is 18.3 Å². The Labute approximate surface area is 158 Å². The van der Waals surface area contributed by atoms with E-state index in [-0.39, 0.29) is 16.5 Å². The first-order chi connectivity index (χ1) is 12.9. The van der Waals surface area contributed by atoms with Gasteiger partial charge in [0.25, 0.3) is 10.0 Å². The molecule has 2 aromatic carbocycles. The molecule has 0 amide bonds. The predicted octanol–water partition coefficient (Wildman–Crippen LogP) is 3.06. The molecule has 1 N–H and O–H groups in total. The summed E-state index contributed by atoms with van der Waals surface area (Å²) < 4.78 is 40.0. The zero-order chi connectivity index (χ0) is 19.4. The molecule has 3 rings (SSSR count). The highest BCUT2D eigenvalue weighted by Crippen LogP contribution is 2.29. The lowest BCUT2D eigenvalue weighted by Crippen LogP contribution is -2.15. The molecule has 0 saturated carbocycles. The van der Waals surface area contributed by atoms with Gasteiger partial charge in [-0.05, 0) is 30.2 Å². The molecule has 0 atom stereocenters. The lowest BCUT2D eigenvalue weighted by Gasteiger charge is -2.11. The maximum Gasteiger partial charge on any atom is 0.266 e. The second-order valence-electron chi connectivity index (χ2n) is 5.95. The van der Waals surface area contributed by atoms with Crippen LogP contribution in [0, 0.1) is 6.92 Å². The third-order valence-corrected chi connectivity index (χ3v) is 5.51. The van der Waals surface area contributed by atoms with Crippen LogP contribution in [0.2, 0.25) is 0 Å². The Bertz CT molecular complexity index is 1040. The normalized spacial score (nSPS) is 11.2. The van der Waals surface area contributed by atoms with Crippen LogP contribution in [0.15, 0.2) is 59.6 Å². The molecule has 7 nitrogen and oxygen atoms in total. The predicted molar refractivity (Wildman–Crippen MR) is 103 cm³/mol. The van der Waals surface area contributed by atoms with E-state index in [1.807, 2.05) is 31.2 Å². The highest BCUT2D eigenvalue weighted by molar-refractivity contribution is 7.92. The Hall–Kier alpha value is -3.00. The molecule has 0 aliphatic heterocycles. The topological polar surface area (TPSA) is 82.5 Å². The van der Waals surface area contributed by atoms with Crippen LogP contribution in [0.25, 0.3) is 0 Å². The maximum atomic E-state index is 12.8. The van der Waals surface area contributed by atoms with Crippen LogP contribution >= 0.6 is 0 Å². The molecule has 0 aliphatic rings. The fourth-order valence-corrected chi connectivity index (χ4v) is 3.83. The number of nitrogens with one attached hydrogen (secondary N) is 1. The van der Waals surface area contributed by atoms with E-state index >= 15 is 0 Å². The van der Waals surface area contributed by atoms with Crippen LogP contribution < -0.4 is 14.2 Å². The number of aryl methyl sites for hydroxylation is 1. The van der Waals surface area contributed by atoms with E-state index in [1.54, 1.807) is 29.1 Å². The first-order valence-corrected chi connectivity index (χ1v) is 9.74. The SMILES string of the molecule is COc1ccc(OC)c(S(=O)(=O)Nc2ccn(Cc3ccccc3C)n2)c1. The molecule has 142 valence electrons. The molecule has 0 radical (unpaired) electrons.